The molecule has 4 bridgehead atoms. The van der Waals surface area contributed by atoms with Crippen molar-refractivity contribution in [2.24, 2.45) is 40.2 Å². The van der Waals surface area contributed by atoms with E-state index in [1.165, 1.54) is 51.4 Å². The van der Waals surface area contributed by atoms with Crippen LogP contribution in [-0.4, -0.2) is 55.7 Å². The molecule has 7 rings (SSSR count). The highest BCUT2D eigenvalue weighted by molar-refractivity contribution is 5.26. The van der Waals surface area contributed by atoms with Gasteiger partial charge in [-0.3, -0.25) is 0 Å². The second-order valence-electron chi connectivity index (χ2n) is 13.5. The first kappa shape index (κ1) is 22.9. The molecule has 6 nitrogen and oxygen atoms in total. The second-order valence-corrected chi connectivity index (χ2v) is 13.5. The highest BCUT2D eigenvalue weighted by Crippen LogP contribution is 2.78. The minimum atomic E-state index is -0.309. The highest BCUT2D eigenvalue weighted by atomic mass is 16.7. The van der Waals surface area contributed by atoms with Crippen LogP contribution in [0.15, 0.2) is 0 Å². The maximum Gasteiger partial charge on any atom is 0.169 e. The average Bonchev–Trinajstić information content (AvgIpc) is 3.38. The fourth-order valence-corrected chi connectivity index (χ4v) is 10.8. The summed E-state index contributed by atoms with van der Waals surface area (Å²) in [6, 6.07) is -0.0836. The first-order valence-electron chi connectivity index (χ1n) is 14.2. The Bertz CT molecular complexity index is 840. The van der Waals surface area contributed by atoms with Crippen molar-refractivity contribution in [2.75, 3.05) is 13.7 Å². The van der Waals surface area contributed by atoms with Gasteiger partial charge >= 0.3 is 0 Å². The molecule has 7 fully saturated rings. The molecule has 34 heavy (non-hydrogen) atoms. The van der Waals surface area contributed by atoms with Crippen LogP contribution in [0.25, 0.3) is 0 Å². The van der Waals surface area contributed by atoms with Crippen LogP contribution in [0.3, 0.4) is 0 Å². The number of hydrogen-bond acceptors (Lipinski definition) is 6. The molecule has 0 aromatic rings. The summed E-state index contributed by atoms with van der Waals surface area (Å²) < 4.78 is 31.6. The van der Waals surface area contributed by atoms with Crippen molar-refractivity contribution in [3.05, 3.63) is 0 Å². The van der Waals surface area contributed by atoms with Crippen LogP contribution < -0.4 is 5.73 Å². The lowest BCUT2D eigenvalue weighted by Crippen LogP contribution is -2.64. The van der Waals surface area contributed by atoms with Crippen LogP contribution in [0, 0.1) is 34.5 Å². The molecule has 2 N–H and O–H groups in total. The fourth-order valence-electron chi connectivity index (χ4n) is 10.8. The lowest BCUT2D eigenvalue weighted by molar-refractivity contribution is -0.333. The van der Waals surface area contributed by atoms with E-state index in [1.807, 2.05) is 6.92 Å². The Morgan fingerprint density at radius 1 is 0.941 bits per heavy atom. The minimum Gasteiger partial charge on any atom is -0.380 e. The molecule has 3 unspecified atom stereocenters. The molecule has 3 saturated heterocycles. The van der Waals surface area contributed by atoms with Crippen molar-refractivity contribution in [1.82, 2.24) is 0 Å². The highest BCUT2D eigenvalue weighted by Gasteiger charge is 2.81. The van der Waals surface area contributed by atoms with Gasteiger partial charge in [0.1, 0.15) is 0 Å². The lowest BCUT2D eigenvalue weighted by Gasteiger charge is -2.64. The van der Waals surface area contributed by atoms with E-state index in [1.54, 1.807) is 7.11 Å². The summed E-state index contributed by atoms with van der Waals surface area (Å²) in [6.45, 7) is 7.85. The van der Waals surface area contributed by atoms with Crippen molar-refractivity contribution < 1.29 is 23.7 Å². The van der Waals surface area contributed by atoms with Crippen molar-refractivity contribution in [3.63, 3.8) is 0 Å². The molecule has 6 heteroatoms. The van der Waals surface area contributed by atoms with Crippen molar-refractivity contribution in [2.45, 2.75) is 127 Å². The number of methoxy groups -OCH3 is 1. The van der Waals surface area contributed by atoms with Gasteiger partial charge in [0.25, 0.3) is 0 Å². The van der Waals surface area contributed by atoms with Gasteiger partial charge in [-0.15, -0.1) is 0 Å². The zero-order chi connectivity index (χ0) is 23.5. The Hall–Kier alpha value is -0.240. The maximum absolute atomic E-state index is 7.00. The molecule has 0 aromatic heterocycles. The summed E-state index contributed by atoms with van der Waals surface area (Å²) in [5.74, 6) is 2.54. The molecule has 1 spiro atoms. The lowest BCUT2D eigenvalue weighted by atomic mass is 9.43. The van der Waals surface area contributed by atoms with Gasteiger partial charge in [0.15, 0.2) is 12.1 Å². The van der Waals surface area contributed by atoms with E-state index in [9.17, 15) is 0 Å². The normalized spacial score (nSPS) is 62.2. The SMILES string of the molecule is CO[C@H]1C[C@H](O[C@H]2CC[C@@]3(C)C(CCC4C3CC[C@@]35CO[C@@]6(C)O[C@@]43CC[C@H]65)C2)O[C@@H](C)[C@@H]1N. The van der Waals surface area contributed by atoms with Crippen molar-refractivity contribution in [3.8, 4) is 0 Å². The van der Waals surface area contributed by atoms with Crippen molar-refractivity contribution >= 4 is 0 Å². The Kier molecular flexibility index (Phi) is 5.00. The molecule has 4 saturated carbocycles. The molecule has 3 heterocycles. The van der Waals surface area contributed by atoms with E-state index in [0.717, 1.165) is 31.3 Å². The second kappa shape index (κ2) is 7.41. The minimum absolute atomic E-state index is 0.00896. The van der Waals surface area contributed by atoms with E-state index < -0.39 is 0 Å². The van der Waals surface area contributed by atoms with E-state index in [-0.39, 0.29) is 42.0 Å². The first-order chi connectivity index (χ1) is 16.2. The fraction of sp³-hybridized carbons (Fsp3) is 1.00. The van der Waals surface area contributed by atoms with Crippen molar-refractivity contribution in [1.29, 1.82) is 0 Å². The zero-order valence-corrected chi connectivity index (χ0v) is 21.6. The van der Waals surface area contributed by atoms with Crippen LogP contribution in [0.5, 0.6) is 0 Å². The van der Waals surface area contributed by atoms with E-state index in [2.05, 4.69) is 13.8 Å². The Morgan fingerprint density at radius 3 is 2.62 bits per heavy atom. The molecule has 3 aliphatic heterocycles. The van der Waals surface area contributed by atoms with Gasteiger partial charge in [-0.2, -0.15) is 0 Å². The van der Waals surface area contributed by atoms with Gasteiger partial charge in [0.2, 0.25) is 0 Å². The number of ether oxygens (including phenoxy) is 5. The summed E-state index contributed by atoms with van der Waals surface area (Å²) in [5, 5.41) is 0. The van der Waals surface area contributed by atoms with E-state index >= 15 is 0 Å². The standard InChI is InChI=1S/C28H45NO5/c1-16-24(29)21(30-4)14-23(32-16)33-18-7-10-25(2)17(13-18)5-6-20-19(25)8-11-27-15-31-26(3)22(27)9-12-28(20,27)34-26/h16-24H,5-15,29H2,1-4H3/t16-,17?,18-,19?,20?,21-,22+,23-,24-,25-,26-,27-,28-/m0/s1. The topological polar surface area (TPSA) is 72.2 Å². The number of hydrogen-bond donors (Lipinski definition) is 1. The molecular weight excluding hydrogens is 430 g/mol. The average molecular weight is 476 g/mol. The summed E-state index contributed by atoms with van der Waals surface area (Å²) in [5.41, 5.74) is 7.07. The van der Waals surface area contributed by atoms with Gasteiger partial charge < -0.3 is 29.4 Å². The summed E-state index contributed by atoms with van der Waals surface area (Å²) in [7, 11) is 1.75. The first-order valence-corrected chi connectivity index (χ1v) is 14.2. The molecular formula is C28H45NO5. The van der Waals surface area contributed by atoms with Gasteiger partial charge in [-0.05, 0) is 94.8 Å². The Morgan fingerprint density at radius 2 is 1.79 bits per heavy atom. The van der Waals surface area contributed by atoms with Gasteiger partial charge in [0, 0.05) is 24.9 Å². The third kappa shape index (κ3) is 2.74. The third-order valence-corrected chi connectivity index (χ3v) is 12.5. The van der Waals surface area contributed by atoms with Crippen LogP contribution in [0.1, 0.15) is 85.0 Å². The molecule has 0 radical (unpaired) electrons. The quantitative estimate of drug-likeness (QED) is 0.611. The van der Waals surface area contributed by atoms with Crippen LogP contribution in [0.2, 0.25) is 0 Å². The predicted molar refractivity (Wildman–Crippen MR) is 127 cm³/mol. The predicted octanol–water partition coefficient (Wildman–Crippen LogP) is 4.39. The van der Waals surface area contributed by atoms with Crippen LogP contribution in [0.4, 0.5) is 0 Å². The maximum atomic E-state index is 7.00. The monoisotopic (exact) mass is 475 g/mol. The largest absolute Gasteiger partial charge is 0.380 e. The summed E-state index contributed by atoms with van der Waals surface area (Å²) in [4.78, 5) is 0. The summed E-state index contributed by atoms with van der Waals surface area (Å²) in [6.07, 6.45) is 12.2. The molecule has 0 aromatic carbocycles. The smallest absolute Gasteiger partial charge is 0.169 e. The van der Waals surface area contributed by atoms with E-state index in [0.29, 0.717) is 22.7 Å². The number of rotatable bonds is 3. The molecule has 7 aliphatic rings. The van der Waals surface area contributed by atoms with Gasteiger partial charge in [-0.25, -0.2) is 0 Å². The summed E-state index contributed by atoms with van der Waals surface area (Å²) >= 11 is 0. The molecule has 13 atom stereocenters. The van der Waals surface area contributed by atoms with Gasteiger partial charge in [-0.1, -0.05) is 6.92 Å². The number of nitrogens with two attached hydrogens (primary N) is 1. The van der Waals surface area contributed by atoms with Gasteiger partial charge in [0.05, 0.1) is 36.6 Å². The Labute approximate surface area is 204 Å². The molecule has 0 amide bonds. The third-order valence-electron chi connectivity index (χ3n) is 12.5. The zero-order valence-electron chi connectivity index (χ0n) is 21.6. The van der Waals surface area contributed by atoms with E-state index in [4.69, 9.17) is 29.4 Å². The number of fused-ring (bicyclic) bond motifs is 3. The van der Waals surface area contributed by atoms with Crippen LogP contribution in [-0.2, 0) is 23.7 Å². The Balaban J connectivity index is 1.07. The molecule has 192 valence electrons. The van der Waals surface area contributed by atoms with Crippen LogP contribution >= 0.6 is 0 Å². The molecule has 4 aliphatic carbocycles.